The van der Waals surface area contributed by atoms with Crippen molar-refractivity contribution in [1.82, 2.24) is 10.5 Å². The first-order valence-corrected chi connectivity index (χ1v) is 11.6. The molecule has 0 atom stereocenters. The molecule has 1 heterocycles. The van der Waals surface area contributed by atoms with Gasteiger partial charge in [0.1, 0.15) is 5.75 Å². The fourth-order valence-corrected chi connectivity index (χ4v) is 6.34. The van der Waals surface area contributed by atoms with Gasteiger partial charge in [-0.2, -0.15) is 0 Å². The molecule has 2 aromatic rings. The lowest BCUT2D eigenvalue weighted by atomic mass is 9.53. The van der Waals surface area contributed by atoms with Gasteiger partial charge < -0.3 is 14.6 Å². The maximum atomic E-state index is 12.9. The van der Waals surface area contributed by atoms with Crippen LogP contribution in [0.1, 0.15) is 75.2 Å². The largest absolute Gasteiger partial charge is 0.494 e. The smallest absolute Gasteiger partial charge is 0.273 e. The van der Waals surface area contributed by atoms with Crippen LogP contribution in [0, 0.1) is 17.8 Å². The Hall–Kier alpha value is -2.30. The molecular formula is C25H32N2O3. The van der Waals surface area contributed by atoms with Crippen molar-refractivity contribution >= 4 is 5.91 Å². The SMILES string of the molecule is CCCCCOc1ccc(-c2cc(C(=O)NC34CC5CC(CC(C5)C3)C4)no2)cc1. The highest BCUT2D eigenvalue weighted by atomic mass is 16.5. The second-order valence-electron chi connectivity index (χ2n) is 9.81. The summed E-state index contributed by atoms with van der Waals surface area (Å²) in [6.45, 7) is 2.92. The molecule has 4 aliphatic carbocycles. The summed E-state index contributed by atoms with van der Waals surface area (Å²) in [5, 5.41) is 7.43. The highest BCUT2D eigenvalue weighted by Crippen LogP contribution is 2.55. The molecule has 1 amide bonds. The van der Waals surface area contributed by atoms with Gasteiger partial charge in [0.2, 0.25) is 0 Å². The Morgan fingerprint density at radius 2 is 1.77 bits per heavy atom. The monoisotopic (exact) mass is 408 g/mol. The number of unbranched alkanes of at least 4 members (excludes halogenated alkanes) is 2. The van der Waals surface area contributed by atoms with Crippen LogP contribution < -0.4 is 10.1 Å². The lowest BCUT2D eigenvalue weighted by Gasteiger charge is -2.56. The Morgan fingerprint density at radius 3 is 2.40 bits per heavy atom. The zero-order valence-electron chi connectivity index (χ0n) is 17.9. The molecule has 5 nitrogen and oxygen atoms in total. The first-order valence-electron chi connectivity index (χ1n) is 11.6. The van der Waals surface area contributed by atoms with Gasteiger partial charge >= 0.3 is 0 Å². The van der Waals surface area contributed by atoms with E-state index < -0.39 is 0 Å². The molecule has 4 aliphatic rings. The highest BCUT2D eigenvalue weighted by Gasteiger charge is 2.51. The summed E-state index contributed by atoms with van der Waals surface area (Å²) in [7, 11) is 0. The van der Waals surface area contributed by atoms with Gasteiger partial charge in [0, 0.05) is 17.2 Å². The molecule has 5 heteroatoms. The molecular weight excluding hydrogens is 376 g/mol. The van der Waals surface area contributed by atoms with Crippen LogP contribution in [0.2, 0.25) is 0 Å². The quantitative estimate of drug-likeness (QED) is 0.577. The van der Waals surface area contributed by atoms with Gasteiger partial charge in [-0.05, 0) is 87.0 Å². The van der Waals surface area contributed by atoms with E-state index in [1.165, 1.54) is 32.1 Å². The number of hydrogen-bond donors (Lipinski definition) is 1. The standard InChI is InChI=1S/C25H32N2O3/c1-2-3-4-9-29-21-7-5-20(6-8-21)23-13-22(27-30-23)24(28)26-25-14-17-10-18(15-25)12-19(11-17)16-25/h5-8,13,17-19H,2-4,9-12,14-16H2,1H3,(H,26,28). The molecule has 1 aromatic carbocycles. The van der Waals surface area contributed by atoms with E-state index in [0.717, 1.165) is 61.4 Å². The van der Waals surface area contributed by atoms with Crippen LogP contribution in [-0.4, -0.2) is 23.2 Å². The fraction of sp³-hybridized carbons (Fsp3) is 0.600. The van der Waals surface area contributed by atoms with E-state index in [9.17, 15) is 4.79 Å². The van der Waals surface area contributed by atoms with Crippen LogP contribution in [0.4, 0.5) is 0 Å². The average molecular weight is 409 g/mol. The first kappa shape index (κ1) is 19.7. The van der Waals surface area contributed by atoms with Crippen LogP contribution in [0.3, 0.4) is 0 Å². The molecule has 160 valence electrons. The van der Waals surface area contributed by atoms with E-state index in [1.807, 2.05) is 24.3 Å². The van der Waals surface area contributed by atoms with Crippen molar-refractivity contribution < 1.29 is 14.1 Å². The van der Waals surface area contributed by atoms with Gasteiger partial charge in [0.15, 0.2) is 11.5 Å². The van der Waals surface area contributed by atoms with Crippen molar-refractivity contribution in [3.05, 3.63) is 36.0 Å². The van der Waals surface area contributed by atoms with Gasteiger partial charge in [-0.15, -0.1) is 0 Å². The fourth-order valence-electron chi connectivity index (χ4n) is 6.34. The van der Waals surface area contributed by atoms with Crippen molar-refractivity contribution in [2.24, 2.45) is 17.8 Å². The van der Waals surface area contributed by atoms with E-state index in [-0.39, 0.29) is 11.4 Å². The normalized spacial score (nSPS) is 29.2. The van der Waals surface area contributed by atoms with Crippen molar-refractivity contribution in [2.45, 2.75) is 70.3 Å². The number of hydrogen-bond acceptors (Lipinski definition) is 4. The second kappa shape index (κ2) is 8.09. The highest BCUT2D eigenvalue weighted by molar-refractivity contribution is 5.93. The van der Waals surface area contributed by atoms with Crippen molar-refractivity contribution in [3.63, 3.8) is 0 Å². The van der Waals surface area contributed by atoms with Gasteiger partial charge in [-0.1, -0.05) is 24.9 Å². The zero-order valence-corrected chi connectivity index (χ0v) is 17.9. The number of benzene rings is 1. The summed E-state index contributed by atoms with van der Waals surface area (Å²) < 4.78 is 11.3. The lowest BCUT2D eigenvalue weighted by molar-refractivity contribution is -0.0168. The van der Waals surface area contributed by atoms with Crippen LogP contribution in [-0.2, 0) is 0 Å². The number of aromatic nitrogens is 1. The Kier molecular flexibility index (Phi) is 5.30. The van der Waals surface area contributed by atoms with E-state index in [0.29, 0.717) is 11.5 Å². The maximum Gasteiger partial charge on any atom is 0.273 e. The first-order chi connectivity index (χ1) is 14.6. The third kappa shape index (κ3) is 3.99. The summed E-state index contributed by atoms with van der Waals surface area (Å²) in [5.41, 5.74) is 1.26. The van der Waals surface area contributed by atoms with E-state index in [1.54, 1.807) is 6.07 Å². The number of nitrogens with one attached hydrogen (secondary N) is 1. The summed E-state index contributed by atoms with van der Waals surface area (Å²) in [6, 6.07) is 9.55. The van der Waals surface area contributed by atoms with Gasteiger partial charge in [-0.3, -0.25) is 4.79 Å². The summed E-state index contributed by atoms with van der Waals surface area (Å²) in [6.07, 6.45) is 10.9. The minimum Gasteiger partial charge on any atom is -0.494 e. The topological polar surface area (TPSA) is 64.4 Å². The molecule has 1 N–H and O–H groups in total. The number of amides is 1. The minimum absolute atomic E-state index is 0.0122. The second-order valence-corrected chi connectivity index (χ2v) is 9.81. The minimum atomic E-state index is -0.0946. The maximum absolute atomic E-state index is 12.9. The van der Waals surface area contributed by atoms with E-state index in [4.69, 9.17) is 9.26 Å². The summed E-state index contributed by atoms with van der Waals surface area (Å²) in [4.78, 5) is 12.9. The van der Waals surface area contributed by atoms with Gasteiger partial charge in [0.05, 0.1) is 6.61 Å². The average Bonchev–Trinajstić information content (AvgIpc) is 3.21. The molecule has 1 aromatic heterocycles. The van der Waals surface area contributed by atoms with Crippen LogP contribution in [0.25, 0.3) is 11.3 Å². The lowest BCUT2D eigenvalue weighted by Crippen LogP contribution is -2.59. The summed E-state index contributed by atoms with van der Waals surface area (Å²) >= 11 is 0. The van der Waals surface area contributed by atoms with E-state index >= 15 is 0 Å². The molecule has 0 radical (unpaired) electrons. The molecule has 0 saturated heterocycles. The molecule has 0 aliphatic heterocycles. The third-order valence-corrected chi connectivity index (χ3v) is 7.32. The van der Waals surface area contributed by atoms with E-state index in [2.05, 4.69) is 17.4 Å². The van der Waals surface area contributed by atoms with Crippen molar-refractivity contribution in [3.8, 4) is 17.1 Å². The van der Waals surface area contributed by atoms with Crippen LogP contribution in [0.5, 0.6) is 5.75 Å². The number of rotatable bonds is 8. The van der Waals surface area contributed by atoms with Gasteiger partial charge in [0.25, 0.3) is 5.91 Å². The van der Waals surface area contributed by atoms with Crippen molar-refractivity contribution in [2.75, 3.05) is 6.61 Å². The zero-order chi connectivity index (χ0) is 20.6. The number of carbonyl (C=O) groups is 1. The Balaban J connectivity index is 1.22. The molecule has 4 saturated carbocycles. The molecule has 6 rings (SSSR count). The van der Waals surface area contributed by atoms with Crippen molar-refractivity contribution in [1.29, 1.82) is 0 Å². The Bertz CT molecular complexity index is 851. The molecule has 0 unspecified atom stereocenters. The predicted octanol–water partition coefficient (Wildman–Crippen LogP) is 5.61. The number of nitrogens with zero attached hydrogens (tertiary/aromatic N) is 1. The Labute approximate surface area is 178 Å². The number of ether oxygens (including phenoxy) is 1. The van der Waals surface area contributed by atoms with Crippen LogP contribution in [0.15, 0.2) is 34.9 Å². The number of carbonyl (C=O) groups excluding carboxylic acids is 1. The summed E-state index contributed by atoms with van der Waals surface area (Å²) in [5.74, 6) is 3.77. The molecule has 30 heavy (non-hydrogen) atoms. The molecule has 0 spiro atoms. The third-order valence-electron chi connectivity index (χ3n) is 7.32. The van der Waals surface area contributed by atoms with Gasteiger partial charge in [-0.25, -0.2) is 0 Å². The molecule has 4 fully saturated rings. The molecule has 4 bridgehead atoms. The van der Waals surface area contributed by atoms with Crippen LogP contribution >= 0.6 is 0 Å². The predicted molar refractivity (Wildman–Crippen MR) is 115 cm³/mol. The Morgan fingerprint density at radius 1 is 1.10 bits per heavy atom.